The van der Waals surface area contributed by atoms with Gasteiger partial charge in [-0.1, -0.05) is 44.2 Å². The van der Waals surface area contributed by atoms with E-state index in [0.29, 0.717) is 5.92 Å². The molecule has 0 bridgehead atoms. The van der Waals surface area contributed by atoms with Gasteiger partial charge in [0.25, 0.3) is 0 Å². The fourth-order valence-corrected chi connectivity index (χ4v) is 2.75. The first-order valence-electron chi connectivity index (χ1n) is 7.38. The van der Waals surface area contributed by atoms with Crippen LogP contribution in [0.4, 0.5) is 5.82 Å². The van der Waals surface area contributed by atoms with E-state index in [1.165, 1.54) is 18.4 Å². The van der Waals surface area contributed by atoms with Crippen LogP contribution < -0.4 is 5.32 Å². The maximum atomic E-state index is 4.64. The van der Waals surface area contributed by atoms with Gasteiger partial charge >= 0.3 is 0 Å². The molecule has 1 fully saturated rings. The number of rotatable bonds is 5. The Labute approximate surface area is 134 Å². The maximum absolute atomic E-state index is 4.64. The number of anilines is 1. The van der Waals surface area contributed by atoms with E-state index in [4.69, 9.17) is 0 Å². The van der Waals surface area contributed by atoms with Crippen LogP contribution in [0.5, 0.6) is 0 Å². The molecule has 1 N–H and O–H groups in total. The zero-order valence-corrected chi connectivity index (χ0v) is 14.0. The molecule has 2 aromatic rings. The summed E-state index contributed by atoms with van der Waals surface area (Å²) in [6.45, 7) is 5.32. The molecule has 3 rings (SSSR count). The molecule has 0 unspecified atom stereocenters. The van der Waals surface area contributed by atoms with E-state index in [2.05, 4.69) is 75.4 Å². The number of hydrogen-bond donors (Lipinski definition) is 1. The third-order valence-electron chi connectivity index (χ3n) is 3.92. The number of aromatic nitrogens is 2. The minimum absolute atomic E-state index is 0.0540. The van der Waals surface area contributed by atoms with Crippen molar-refractivity contribution in [3.8, 4) is 0 Å². The Balaban J connectivity index is 1.72. The molecule has 3 nitrogen and oxygen atoms in total. The summed E-state index contributed by atoms with van der Waals surface area (Å²) in [6, 6.07) is 12.5. The summed E-state index contributed by atoms with van der Waals surface area (Å²) in [4.78, 5) is 9.10. The van der Waals surface area contributed by atoms with Crippen LogP contribution in [-0.2, 0) is 5.41 Å². The molecule has 110 valence electrons. The standard InChI is InChI=1S/C17H20BrN3/c1-17(2,13-6-4-3-5-7-13)11-19-15-10-14(18)20-16(21-15)12-8-9-12/h3-7,10,12H,8-9,11H2,1-2H3,(H,19,20,21). The van der Waals surface area contributed by atoms with Gasteiger partial charge in [0.2, 0.25) is 0 Å². The minimum Gasteiger partial charge on any atom is -0.369 e. The Morgan fingerprint density at radius 1 is 1.19 bits per heavy atom. The first kappa shape index (κ1) is 14.5. The van der Waals surface area contributed by atoms with Gasteiger partial charge in [0.1, 0.15) is 16.2 Å². The van der Waals surface area contributed by atoms with E-state index in [1.807, 2.05) is 6.07 Å². The molecule has 0 amide bonds. The van der Waals surface area contributed by atoms with Crippen molar-refractivity contribution >= 4 is 21.7 Å². The zero-order chi connectivity index (χ0) is 14.9. The summed E-state index contributed by atoms with van der Waals surface area (Å²) in [7, 11) is 0. The van der Waals surface area contributed by atoms with Gasteiger partial charge in [-0.25, -0.2) is 9.97 Å². The van der Waals surface area contributed by atoms with E-state index >= 15 is 0 Å². The molecular formula is C17H20BrN3. The minimum atomic E-state index is 0.0540. The van der Waals surface area contributed by atoms with Crippen molar-refractivity contribution in [3.63, 3.8) is 0 Å². The zero-order valence-electron chi connectivity index (χ0n) is 12.4. The molecular weight excluding hydrogens is 326 g/mol. The van der Waals surface area contributed by atoms with Crippen LogP contribution in [0.1, 0.15) is 44.0 Å². The molecule has 1 heterocycles. The second-order valence-electron chi connectivity index (χ2n) is 6.31. The Kier molecular flexibility index (Phi) is 3.98. The molecule has 1 aromatic carbocycles. The Hall–Kier alpha value is -1.42. The molecule has 1 saturated carbocycles. The number of benzene rings is 1. The van der Waals surface area contributed by atoms with Gasteiger partial charge in [-0.3, -0.25) is 0 Å². The summed E-state index contributed by atoms with van der Waals surface area (Å²) in [5, 5.41) is 3.47. The monoisotopic (exact) mass is 345 g/mol. The third kappa shape index (κ3) is 3.62. The van der Waals surface area contributed by atoms with Crippen molar-refractivity contribution in [3.05, 3.63) is 52.4 Å². The highest BCUT2D eigenvalue weighted by molar-refractivity contribution is 9.10. The largest absolute Gasteiger partial charge is 0.369 e. The van der Waals surface area contributed by atoms with Crippen molar-refractivity contribution in [1.82, 2.24) is 9.97 Å². The highest BCUT2D eigenvalue weighted by Crippen LogP contribution is 2.38. The van der Waals surface area contributed by atoms with Gasteiger partial charge in [-0.15, -0.1) is 0 Å². The molecule has 0 saturated heterocycles. The van der Waals surface area contributed by atoms with Crippen molar-refractivity contribution in [2.24, 2.45) is 0 Å². The average molecular weight is 346 g/mol. The number of nitrogens with one attached hydrogen (secondary N) is 1. The number of hydrogen-bond acceptors (Lipinski definition) is 3. The lowest BCUT2D eigenvalue weighted by Crippen LogP contribution is -2.28. The highest BCUT2D eigenvalue weighted by Gasteiger charge is 2.27. The van der Waals surface area contributed by atoms with Crippen LogP contribution >= 0.6 is 15.9 Å². The predicted molar refractivity (Wildman–Crippen MR) is 89.7 cm³/mol. The highest BCUT2D eigenvalue weighted by atomic mass is 79.9. The second-order valence-corrected chi connectivity index (χ2v) is 7.12. The van der Waals surface area contributed by atoms with E-state index in [1.54, 1.807) is 0 Å². The summed E-state index contributed by atoms with van der Waals surface area (Å²) in [5.74, 6) is 2.43. The first-order chi connectivity index (χ1) is 10.0. The normalized spacial score (nSPS) is 15.0. The summed E-state index contributed by atoms with van der Waals surface area (Å²) in [5.41, 5.74) is 1.38. The quantitative estimate of drug-likeness (QED) is 0.810. The van der Waals surface area contributed by atoms with E-state index in [0.717, 1.165) is 22.8 Å². The van der Waals surface area contributed by atoms with E-state index < -0.39 is 0 Å². The van der Waals surface area contributed by atoms with Crippen molar-refractivity contribution < 1.29 is 0 Å². The summed E-state index contributed by atoms with van der Waals surface area (Å²) >= 11 is 3.48. The summed E-state index contributed by atoms with van der Waals surface area (Å²) < 4.78 is 0.861. The molecule has 0 spiro atoms. The molecule has 0 atom stereocenters. The SMILES string of the molecule is CC(C)(CNc1cc(Br)nc(C2CC2)n1)c1ccccc1. The molecule has 1 aliphatic rings. The van der Waals surface area contributed by atoms with Gasteiger partial charge in [-0.05, 0) is 34.3 Å². The topological polar surface area (TPSA) is 37.8 Å². The molecule has 4 heteroatoms. The van der Waals surface area contributed by atoms with Gasteiger partial charge < -0.3 is 5.32 Å². The Morgan fingerprint density at radius 3 is 2.57 bits per heavy atom. The van der Waals surface area contributed by atoms with Crippen molar-refractivity contribution in [2.75, 3.05) is 11.9 Å². The fourth-order valence-electron chi connectivity index (χ4n) is 2.35. The lowest BCUT2D eigenvalue weighted by Gasteiger charge is -2.26. The smallest absolute Gasteiger partial charge is 0.135 e. The Morgan fingerprint density at radius 2 is 1.90 bits per heavy atom. The van der Waals surface area contributed by atoms with Crippen LogP contribution in [-0.4, -0.2) is 16.5 Å². The van der Waals surface area contributed by atoms with Crippen LogP contribution in [0, 0.1) is 0 Å². The molecule has 1 aliphatic carbocycles. The van der Waals surface area contributed by atoms with E-state index in [9.17, 15) is 0 Å². The van der Waals surface area contributed by atoms with Gasteiger partial charge in [-0.2, -0.15) is 0 Å². The number of nitrogens with zero attached hydrogens (tertiary/aromatic N) is 2. The predicted octanol–water partition coefficient (Wildman–Crippen LogP) is 4.51. The Bertz CT molecular complexity index is 621. The fraction of sp³-hybridized carbons (Fsp3) is 0.412. The van der Waals surface area contributed by atoms with Gasteiger partial charge in [0.15, 0.2) is 0 Å². The average Bonchev–Trinajstić information content (AvgIpc) is 3.30. The van der Waals surface area contributed by atoms with Gasteiger partial charge in [0.05, 0.1) is 0 Å². The van der Waals surface area contributed by atoms with Crippen LogP contribution in [0.15, 0.2) is 41.0 Å². The lowest BCUT2D eigenvalue weighted by molar-refractivity contribution is 0.556. The molecule has 0 aliphatic heterocycles. The first-order valence-corrected chi connectivity index (χ1v) is 8.18. The van der Waals surface area contributed by atoms with Crippen molar-refractivity contribution in [2.45, 2.75) is 38.0 Å². The van der Waals surface area contributed by atoms with Crippen LogP contribution in [0.2, 0.25) is 0 Å². The second kappa shape index (κ2) is 5.76. The summed E-state index contributed by atoms with van der Waals surface area (Å²) in [6.07, 6.45) is 2.43. The van der Waals surface area contributed by atoms with Crippen LogP contribution in [0.25, 0.3) is 0 Å². The van der Waals surface area contributed by atoms with Crippen molar-refractivity contribution in [1.29, 1.82) is 0 Å². The maximum Gasteiger partial charge on any atom is 0.135 e. The van der Waals surface area contributed by atoms with Crippen LogP contribution in [0.3, 0.4) is 0 Å². The molecule has 1 aromatic heterocycles. The van der Waals surface area contributed by atoms with E-state index in [-0.39, 0.29) is 5.41 Å². The molecule has 0 radical (unpaired) electrons. The third-order valence-corrected chi connectivity index (χ3v) is 4.33. The lowest BCUT2D eigenvalue weighted by atomic mass is 9.85. The van der Waals surface area contributed by atoms with Gasteiger partial charge in [0, 0.05) is 23.9 Å². The number of halogens is 1. The molecule has 21 heavy (non-hydrogen) atoms.